The number of ether oxygens (including phenoxy) is 1. The molecule has 0 fully saturated rings. The van der Waals surface area contributed by atoms with E-state index in [-0.39, 0.29) is 16.9 Å². The van der Waals surface area contributed by atoms with E-state index < -0.39 is 22.9 Å². The van der Waals surface area contributed by atoms with Crippen LogP contribution in [0.4, 0.5) is 13.2 Å². The second kappa shape index (κ2) is 5.89. The van der Waals surface area contributed by atoms with Crippen LogP contribution in [0.2, 0.25) is 0 Å². The topological polar surface area (TPSA) is 35.5 Å². The zero-order valence-electron chi connectivity index (χ0n) is 14.7. The molecule has 1 aliphatic rings. The van der Waals surface area contributed by atoms with Gasteiger partial charge in [0.1, 0.15) is 28.8 Å². The third-order valence-electron chi connectivity index (χ3n) is 4.85. The van der Waals surface area contributed by atoms with Crippen molar-refractivity contribution in [2.75, 3.05) is 0 Å². The van der Waals surface area contributed by atoms with Gasteiger partial charge in [-0.3, -0.25) is 0 Å². The summed E-state index contributed by atoms with van der Waals surface area (Å²) >= 11 is 0. The molecule has 1 aromatic carbocycles. The van der Waals surface area contributed by atoms with Crippen LogP contribution in [0.5, 0.6) is 0 Å². The van der Waals surface area contributed by atoms with Crippen LogP contribution in [0, 0.1) is 0 Å². The Morgan fingerprint density at radius 1 is 0.889 bits per heavy atom. The van der Waals surface area contributed by atoms with E-state index in [0.29, 0.717) is 0 Å². The van der Waals surface area contributed by atoms with Crippen molar-refractivity contribution in [2.45, 2.75) is 31.2 Å². The fourth-order valence-corrected chi connectivity index (χ4v) is 3.50. The van der Waals surface area contributed by atoms with Crippen molar-refractivity contribution in [3.8, 4) is 11.1 Å². The molecule has 2 aromatic heterocycles. The van der Waals surface area contributed by atoms with Crippen molar-refractivity contribution in [1.82, 2.24) is 0 Å². The summed E-state index contributed by atoms with van der Waals surface area (Å²) in [6.45, 7) is 3.56. The van der Waals surface area contributed by atoms with Gasteiger partial charge in [-0.25, -0.2) is 0 Å². The summed E-state index contributed by atoms with van der Waals surface area (Å²) in [5.41, 5.74) is -1.68. The largest absolute Gasteiger partial charge is 0.472 e. The summed E-state index contributed by atoms with van der Waals surface area (Å²) in [5.74, 6) is 0.0899. The van der Waals surface area contributed by atoms with Crippen molar-refractivity contribution in [3.63, 3.8) is 0 Å². The molecule has 1 aliphatic heterocycles. The minimum Gasteiger partial charge on any atom is -0.472 e. The van der Waals surface area contributed by atoms with Crippen LogP contribution >= 0.6 is 0 Å². The average molecular weight is 374 g/mol. The molecular weight excluding hydrogens is 357 g/mol. The second-order valence-corrected chi connectivity index (χ2v) is 6.88. The zero-order chi connectivity index (χ0) is 19.3. The van der Waals surface area contributed by atoms with Crippen molar-refractivity contribution in [1.29, 1.82) is 0 Å². The first-order valence-electron chi connectivity index (χ1n) is 8.41. The lowest BCUT2D eigenvalue weighted by Gasteiger charge is -2.30. The average Bonchev–Trinajstić information content (AvgIpc) is 3.33. The minimum absolute atomic E-state index is 0.0688. The standard InChI is InChI=1S/C21H17F3O3/c1-19(15-6-4-3-5-7-15)9-10-20(2,27-19)18-17(14-8-11-25-12-14)16(13-26-18)21(22,23)24/h3-13H,1-2H3. The zero-order valence-corrected chi connectivity index (χ0v) is 14.7. The highest BCUT2D eigenvalue weighted by atomic mass is 19.4. The molecule has 140 valence electrons. The molecule has 2 unspecified atom stereocenters. The highest BCUT2D eigenvalue weighted by Gasteiger charge is 2.47. The molecule has 27 heavy (non-hydrogen) atoms. The van der Waals surface area contributed by atoms with E-state index in [0.717, 1.165) is 11.8 Å². The van der Waals surface area contributed by atoms with Gasteiger partial charge in [0.15, 0.2) is 0 Å². The Kier molecular flexibility index (Phi) is 3.85. The summed E-state index contributed by atoms with van der Waals surface area (Å²) in [7, 11) is 0. The van der Waals surface area contributed by atoms with Crippen LogP contribution in [-0.4, -0.2) is 0 Å². The highest BCUT2D eigenvalue weighted by Crippen LogP contribution is 2.50. The third-order valence-corrected chi connectivity index (χ3v) is 4.85. The fourth-order valence-electron chi connectivity index (χ4n) is 3.50. The van der Waals surface area contributed by atoms with E-state index in [1.807, 2.05) is 43.3 Å². The normalized spacial score (nSPS) is 25.2. The predicted molar refractivity (Wildman–Crippen MR) is 92.8 cm³/mol. The Morgan fingerprint density at radius 2 is 1.59 bits per heavy atom. The molecule has 0 N–H and O–H groups in total. The molecule has 0 saturated carbocycles. The predicted octanol–water partition coefficient (Wildman–Crippen LogP) is 6.28. The van der Waals surface area contributed by atoms with Gasteiger partial charge in [0.25, 0.3) is 0 Å². The molecule has 4 rings (SSSR count). The quantitative estimate of drug-likeness (QED) is 0.507. The monoisotopic (exact) mass is 374 g/mol. The van der Waals surface area contributed by atoms with E-state index in [1.54, 1.807) is 13.0 Å². The van der Waals surface area contributed by atoms with E-state index in [4.69, 9.17) is 13.6 Å². The van der Waals surface area contributed by atoms with E-state index in [2.05, 4.69) is 0 Å². The van der Waals surface area contributed by atoms with Crippen LogP contribution in [0.3, 0.4) is 0 Å². The van der Waals surface area contributed by atoms with Crippen LogP contribution in [0.15, 0.2) is 76.2 Å². The Balaban J connectivity index is 1.81. The van der Waals surface area contributed by atoms with Gasteiger partial charge in [-0.2, -0.15) is 13.2 Å². The Morgan fingerprint density at radius 3 is 2.22 bits per heavy atom. The number of halogens is 3. The Hall–Kier alpha value is -2.73. The van der Waals surface area contributed by atoms with E-state index in [1.165, 1.54) is 18.6 Å². The Bertz CT molecular complexity index is 970. The molecule has 0 amide bonds. The first kappa shape index (κ1) is 17.7. The maximum absolute atomic E-state index is 13.5. The smallest absolute Gasteiger partial charge is 0.420 e. The van der Waals surface area contributed by atoms with Gasteiger partial charge in [0.05, 0.1) is 12.5 Å². The summed E-state index contributed by atoms with van der Waals surface area (Å²) in [4.78, 5) is 0. The summed E-state index contributed by atoms with van der Waals surface area (Å²) in [6.07, 6.45) is 2.35. The lowest BCUT2D eigenvalue weighted by atomic mass is 9.94. The van der Waals surface area contributed by atoms with E-state index in [9.17, 15) is 13.2 Å². The second-order valence-electron chi connectivity index (χ2n) is 6.88. The van der Waals surface area contributed by atoms with Gasteiger partial charge in [-0.15, -0.1) is 0 Å². The Labute approximate surface area is 154 Å². The molecule has 2 atom stereocenters. The van der Waals surface area contributed by atoms with Gasteiger partial charge >= 0.3 is 6.18 Å². The van der Waals surface area contributed by atoms with Crippen LogP contribution in [-0.2, 0) is 22.1 Å². The summed E-state index contributed by atoms with van der Waals surface area (Å²) in [5, 5.41) is 0. The summed E-state index contributed by atoms with van der Waals surface area (Å²) in [6, 6.07) is 11.0. The number of hydrogen-bond donors (Lipinski definition) is 0. The molecule has 0 bridgehead atoms. The first-order valence-corrected chi connectivity index (χ1v) is 8.41. The van der Waals surface area contributed by atoms with Crippen LogP contribution in [0.25, 0.3) is 11.1 Å². The number of hydrogen-bond acceptors (Lipinski definition) is 3. The SMILES string of the molecule is CC1(c2ccccc2)C=CC(C)(c2occ(C(F)(F)F)c2-c2ccoc2)O1. The van der Waals surface area contributed by atoms with Gasteiger partial charge in [-0.05, 0) is 37.6 Å². The molecule has 3 aromatic rings. The number of alkyl halides is 3. The first-order chi connectivity index (χ1) is 12.7. The third kappa shape index (κ3) is 2.90. The van der Waals surface area contributed by atoms with Gasteiger partial charge in [0.2, 0.25) is 0 Å². The van der Waals surface area contributed by atoms with Gasteiger partial charge < -0.3 is 13.6 Å². The molecule has 3 nitrogen and oxygen atoms in total. The van der Waals surface area contributed by atoms with Crippen molar-refractivity contribution in [3.05, 3.63) is 84.2 Å². The number of rotatable bonds is 3. The molecule has 0 radical (unpaired) electrons. The molecule has 6 heteroatoms. The fraction of sp³-hybridized carbons (Fsp3) is 0.238. The van der Waals surface area contributed by atoms with Crippen molar-refractivity contribution < 1.29 is 26.7 Å². The maximum Gasteiger partial charge on any atom is 0.420 e. The highest BCUT2D eigenvalue weighted by molar-refractivity contribution is 5.70. The molecular formula is C21H17F3O3. The van der Waals surface area contributed by atoms with Gasteiger partial charge in [-0.1, -0.05) is 30.3 Å². The minimum atomic E-state index is -4.56. The van der Waals surface area contributed by atoms with Gasteiger partial charge in [0, 0.05) is 11.1 Å². The lowest BCUT2D eigenvalue weighted by molar-refractivity contribution is -0.137. The lowest BCUT2D eigenvalue weighted by Crippen LogP contribution is -2.29. The van der Waals surface area contributed by atoms with Crippen LogP contribution in [0.1, 0.15) is 30.7 Å². The van der Waals surface area contributed by atoms with Crippen LogP contribution < -0.4 is 0 Å². The molecule has 0 spiro atoms. The van der Waals surface area contributed by atoms with Crippen molar-refractivity contribution in [2.24, 2.45) is 0 Å². The molecule has 3 heterocycles. The maximum atomic E-state index is 13.5. The summed E-state index contributed by atoms with van der Waals surface area (Å²) < 4.78 is 57.3. The van der Waals surface area contributed by atoms with E-state index >= 15 is 0 Å². The number of benzene rings is 1. The molecule has 0 saturated heterocycles. The molecule has 0 aliphatic carbocycles. The van der Waals surface area contributed by atoms with Crippen molar-refractivity contribution >= 4 is 0 Å². The number of furan rings is 2.